The number of likely N-dealkylation sites (N-methyl/N-ethyl adjacent to an activating group) is 1. The Labute approximate surface area is 101 Å². The molecule has 0 unspecified atom stereocenters. The van der Waals surface area contributed by atoms with Crippen LogP contribution >= 0.6 is 0 Å². The molecule has 6 heteroatoms. The lowest BCUT2D eigenvalue weighted by atomic mass is 10.3. The highest BCUT2D eigenvalue weighted by Crippen LogP contribution is 2.25. The van der Waals surface area contributed by atoms with Gasteiger partial charge in [-0.15, -0.1) is 0 Å². The summed E-state index contributed by atoms with van der Waals surface area (Å²) in [5.41, 5.74) is 3.36. The first-order valence-corrected chi connectivity index (χ1v) is 5.83. The molecule has 0 atom stereocenters. The van der Waals surface area contributed by atoms with E-state index in [0.29, 0.717) is 18.3 Å². The second-order valence-electron chi connectivity index (χ2n) is 4.36. The molecule has 17 heavy (non-hydrogen) atoms. The number of nitrogens with zero attached hydrogens (tertiary/aromatic N) is 3. The summed E-state index contributed by atoms with van der Waals surface area (Å²) in [6.45, 7) is 3.43. The summed E-state index contributed by atoms with van der Waals surface area (Å²) in [7, 11) is 2.13. The van der Waals surface area contributed by atoms with Gasteiger partial charge in [-0.3, -0.25) is 0 Å². The van der Waals surface area contributed by atoms with Gasteiger partial charge in [0.15, 0.2) is 0 Å². The highest BCUT2D eigenvalue weighted by Gasteiger charge is 2.25. The summed E-state index contributed by atoms with van der Waals surface area (Å²) in [6.07, 6.45) is 4.07. The highest BCUT2D eigenvalue weighted by molar-refractivity contribution is 5.46. The Morgan fingerprint density at radius 1 is 1.53 bits per heavy atom. The van der Waals surface area contributed by atoms with Crippen LogP contribution in [-0.4, -0.2) is 41.1 Å². The number of nitrogens with two attached hydrogens (primary N) is 1. The average Bonchev–Trinajstić information content (AvgIpc) is 3.15. The summed E-state index contributed by atoms with van der Waals surface area (Å²) < 4.78 is 5.64. The minimum Gasteiger partial charge on any atom is -0.476 e. The smallest absolute Gasteiger partial charge is 0.221 e. The molecule has 0 saturated heterocycles. The zero-order valence-corrected chi connectivity index (χ0v) is 10.3. The number of aromatic nitrogens is 2. The van der Waals surface area contributed by atoms with Crippen molar-refractivity contribution in [1.29, 1.82) is 0 Å². The van der Waals surface area contributed by atoms with Crippen LogP contribution in [0.1, 0.15) is 18.4 Å². The van der Waals surface area contributed by atoms with Gasteiger partial charge in [0.25, 0.3) is 0 Å². The van der Waals surface area contributed by atoms with Crippen LogP contribution in [0, 0.1) is 6.92 Å². The van der Waals surface area contributed by atoms with Crippen molar-refractivity contribution < 1.29 is 4.74 Å². The third-order valence-electron chi connectivity index (χ3n) is 3.03. The molecule has 0 aliphatic heterocycles. The molecule has 2 rings (SSSR count). The van der Waals surface area contributed by atoms with Crippen LogP contribution in [0.5, 0.6) is 5.88 Å². The minimum absolute atomic E-state index is 0.595. The second kappa shape index (κ2) is 5.29. The Hall–Kier alpha value is -1.40. The molecule has 1 fully saturated rings. The molecular weight excluding hydrogens is 218 g/mol. The fourth-order valence-corrected chi connectivity index (χ4v) is 1.71. The fourth-order valence-electron chi connectivity index (χ4n) is 1.71. The van der Waals surface area contributed by atoms with E-state index in [1.165, 1.54) is 19.2 Å². The van der Waals surface area contributed by atoms with Crippen LogP contribution in [0.3, 0.4) is 0 Å². The fraction of sp³-hybridized carbons (Fsp3) is 0.636. The van der Waals surface area contributed by atoms with E-state index in [1.807, 2.05) is 6.92 Å². The van der Waals surface area contributed by atoms with Gasteiger partial charge in [0.05, 0.1) is 5.56 Å². The molecule has 3 N–H and O–H groups in total. The van der Waals surface area contributed by atoms with Gasteiger partial charge in [0.1, 0.15) is 18.8 Å². The molecule has 0 aromatic carbocycles. The molecule has 1 heterocycles. The van der Waals surface area contributed by atoms with Gasteiger partial charge in [-0.05, 0) is 26.8 Å². The zero-order valence-electron chi connectivity index (χ0n) is 10.3. The molecule has 94 valence electrons. The molecule has 1 aliphatic rings. The van der Waals surface area contributed by atoms with Crippen LogP contribution in [0.4, 0.5) is 5.82 Å². The minimum atomic E-state index is 0.595. The van der Waals surface area contributed by atoms with Gasteiger partial charge < -0.3 is 15.1 Å². The van der Waals surface area contributed by atoms with Crippen molar-refractivity contribution in [2.45, 2.75) is 25.8 Å². The Bertz CT molecular complexity index is 380. The molecule has 6 nitrogen and oxygen atoms in total. The first-order chi connectivity index (χ1) is 8.22. The van der Waals surface area contributed by atoms with Crippen LogP contribution in [0.15, 0.2) is 6.33 Å². The number of anilines is 1. The molecule has 1 saturated carbocycles. The van der Waals surface area contributed by atoms with Gasteiger partial charge in [0, 0.05) is 12.6 Å². The highest BCUT2D eigenvalue weighted by atomic mass is 16.5. The molecule has 0 spiro atoms. The maximum atomic E-state index is 5.64. The van der Waals surface area contributed by atoms with E-state index < -0.39 is 0 Å². The van der Waals surface area contributed by atoms with Crippen molar-refractivity contribution in [2.75, 3.05) is 25.6 Å². The molecule has 0 amide bonds. The van der Waals surface area contributed by atoms with Gasteiger partial charge in [-0.1, -0.05) is 0 Å². The first-order valence-electron chi connectivity index (χ1n) is 5.83. The maximum absolute atomic E-state index is 5.64. The molecule has 1 aromatic rings. The van der Waals surface area contributed by atoms with Crippen LogP contribution in [0.25, 0.3) is 0 Å². The summed E-state index contributed by atoms with van der Waals surface area (Å²) in [5, 5.41) is 0. The van der Waals surface area contributed by atoms with Crippen molar-refractivity contribution in [3.05, 3.63) is 11.9 Å². The van der Waals surface area contributed by atoms with Crippen molar-refractivity contribution in [2.24, 2.45) is 5.84 Å². The number of rotatable bonds is 6. The van der Waals surface area contributed by atoms with Crippen molar-refractivity contribution >= 4 is 5.82 Å². The van der Waals surface area contributed by atoms with Crippen molar-refractivity contribution in [3.8, 4) is 5.88 Å². The maximum Gasteiger partial charge on any atom is 0.221 e. The summed E-state index contributed by atoms with van der Waals surface area (Å²) in [5.74, 6) is 6.54. The monoisotopic (exact) mass is 237 g/mol. The number of hydrazine groups is 1. The van der Waals surface area contributed by atoms with E-state index in [4.69, 9.17) is 10.6 Å². The van der Waals surface area contributed by atoms with E-state index in [-0.39, 0.29) is 0 Å². The van der Waals surface area contributed by atoms with Crippen molar-refractivity contribution in [3.63, 3.8) is 0 Å². The van der Waals surface area contributed by atoms with Gasteiger partial charge >= 0.3 is 0 Å². The molecule has 0 radical (unpaired) electrons. The van der Waals surface area contributed by atoms with Crippen LogP contribution in [-0.2, 0) is 0 Å². The number of ether oxygens (including phenoxy) is 1. The summed E-state index contributed by atoms with van der Waals surface area (Å²) >= 11 is 0. The van der Waals surface area contributed by atoms with E-state index >= 15 is 0 Å². The Kier molecular flexibility index (Phi) is 3.75. The average molecular weight is 237 g/mol. The topological polar surface area (TPSA) is 76.3 Å². The Balaban J connectivity index is 1.85. The van der Waals surface area contributed by atoms with E-state index in [9.17, 15) is 0 Å². The lowest BCUT2D eigenvalue weighted by molar-refractivity contribution is 0.225. The first kappa shape index (κ1) is 12.1. The number of hydrogen-bond acceptors (Lipinski definition) is 6. The van der Waals surface area contributed by atoms with E-state index in [1.54, 1.807) is 0 Å². The normalized spacial score (nSPS) is 15.1. The lowest BCUT2D eigenvalue weighted by Crippen LogP contribution is -2.26. The van der Waals surface area contributed by atoms with Gasteiger partial charge in [0.2, 0.25) is 5.88 Å². The van der Waals surface area contributed by atoms with Crippen molar-refractivity contribution in [1.82, 2.24) is 14.9 Å². The van der Waals surface area contributed by atoms with E-state index in [0.717, 1.165) is 18.2 Å². The zero-order chi connectivity index (χ0) is 12.3. The molecular formula is C11H19N5O. The predicted octanol–water partition coefficient (Wildman–Crippen LogP) is 0.544. The number of nitrogen functional groups attached to an aromatic ring is 1. The standard InChI is InChI=1S/C11H19N5O/c1-8-10(15-12)13-7-14-11(8)17-6-5-16(2)9-3-4-9/h7,9H,3-6,12H2,1-2H3,(H,13,14,15). The predicted molar refractivity (Wildman–Crippen MR) is 65.7 cm³/mol. The number of nitrogens with one attached hydrogen (secondary N) is 1. The van der Waals surface area contributed by atoms with E-state index in [2.05, 4.69) is 27.3 Å². The molecule has 1 aliphatic carbocycles. The molecule has 0 bridgehead atoms. The van der Waals surface area contributed by atoms with Gasteiger partial charge in [-0.2, -0.15) is 0 Å². The third-order valence-corrected chi connectivity index (χ3v) is 3.03. The largest absolute Gasteiger partial charge is 0.476 e. The van der Waals surface area contributed by atoms with Gasteiger partial charge in [-0.25, -0.2) is 15.8 Å². The lowest BCUT2D eigenvalue weighted by Gasteiger charge is -2.16. The Morgan fingerprint density at radius 3 is 2.94 bits per heavy atom. The number of hydrogen-bond donors (Lipinski definition) is 2. The summed E-state index contributed by atoms with van der Waals surface area (Å²) in [6, 6.07) is 0.756. The van der Waals surface area contributed by atoms with Crippen LogP contribution < -0.4 is 16.0 Å². The summed E-state index contributed by atoms with van der Waals surface area (Å²) in [4.78, 5) is 10.4. The molecule has 1 aromatic heterocycles. The van der Waals surface area contributed by atoms with Crippen LogP contribution in [0.2, 0.25) is 0 Å². The quantitative estimate of drug-likeness (QED) is 0.555. The third kappa shape index (κ3) is 3.04. The Morgan fingerprint density at radius 2 is 2.29 bits per heavy atom. The second-order valence-corrected chi connectivity index (χ2v) is 4.36. The SMILES string of the molecule is Cc1c(NN)ncnc1OCCN(C)C1CC1.